The molecule has 1 heterocycles. The van der Waals surface area contributed by atoms with Gasteiger partial charge in [0, 0.05) is 5.75 Å². The predicted molar refractivity (Wildman–Crippen MR) is 39.2 cm³/mol. The fourth-order valence-electron chi connectivity index (χ4n) is 0.649. The number of ether oxygens (including phenoxy) is 1. The molecule has 0 aromatic heterocycles. The van der Waals surface area contributed by atoms with Gasteiger partial charge < -0.3 is 4.74 Å². The molecule has 1 aliphatic rings. The number of allylic oxidation sites excluding steroid dienone is 1. The molecule has 0 unspecified atom stereocenters. The van der Waals surface area contributed by atoms with Crippen molar-refractivity contribution in [3.63, 3.8) is 0 Å². The summed E-state index contributed by atoms with van der Waals surface area (Å²) in [5.41, 5.74) is 0. The van der Waals surface area contributed by atoms with Crippen LogP contribution < -0.4 is 0 Å². The summed E-state index contributed by atoms with van der Waals surface area (Å²) in [5.74, 6) is 1.58. The molecular weight excluding hydrogens is 150 g/mol. The smallest absolute Gasteiger partial charge is 0.241 e. The van der Waals surface area contributed by atoms with Crippen molar-refractivity contribution in [2.75, 3.05) is 12.4 Å². The Morgan fingerprint density at radius 2 is 2.60 bits per heavy atom. The molecule has 0 aromatic carbocycles. The first-order valence-electron chi connectivity index (χ1n) is 2.89. The summed E-state index contributed by atoms with van der Waals surface area (Å²) in [6.45, 7) is 2.50. The molecule has 0 N–H and O–H groups in total. The van der Waals surface area contributed by atoms with Crippen molar-refractivity contribution in [2.45, 2.75) is 6.92 Å². The van der Waals surface area contributed by atoms with Gasteiger partial charge in [0.15, 0.2) is 0 Å². The largest absolute Gasteiger partial charge is 0.495 e. The third-order valence-corrected chi connectivity index (χ3v) is 2.11. The first-order valence-corrected chi connectivity index (χ1v) is 3.87. The Morgan fingerprint density at radius 1 is 1.80 bits per heavy atom. The van der Waals surface area contributed by atoms with Gasteiger partial charge in [0.1, 0.15) is 10.8 Å². The highest BCUT2D eigenvalue weighted by Crippen LogP contribution is 2.25. The summed E-state index contributed by atoms with van der Waals surface area (Å²) in [7, 11) is 0. The van der Waals surface area contributed by atoms with E-state index in [-0.39, 0.29) is 0 Å². The van der Waals surface area contributed by atoms with Gasteiger partial charge in [0.25, 0.3) is 0 Å². The van der Waals surface area contributed by atoms with E-state index in [4.69, 9.17) is 4.74 Å². The number of isocyanates is 1. The zero-order valence-electron chi connectivity index (χ0n) is 5.59. The Bertz CT molecular complexity index is 206. The second-order valence-corrected chi connectivity index (χ2v) is 2.84. The molecule has 0 aliphatic carbocycles. The Balaban J connectivity index is 2.77. The number of aliphatic imine (C=N–C) groups is 1. The van der Waals surface area contributed by atoms with E-state index < -0.39 is 0 Å². The Kier molecular flexibility index (Phi) is 2.54. The molecule has 0 aromatic rings. The third-order valence-electron chi connectivity index (χ3n) is 1.09. The average Bonchev–Trinajstić information content (AvgIpc) is 1.94. The van der Waals surface area contributed by atoms with Crippen LogP contribution in [0.15, 0.2) is 15.8 Å². The van der Waals surface area contributed by atoms with Crippen molar-refractivity contribution < 1.29 is 9.53 Å². The summed E-state index contributed by atoms with van der Waals surface area (Å²) in [6, 6.07) is 0. The zero-order chi connectivity index (χ0) is 7.40. The van der Waals surface area contributed by atoms with Crippen LogP contribution in [-0.2, 0) is 9.53 Å². The van der Waals surface area contributed by atoms with Gasteiger partial charge in [-0.15, -0.1) is 0 Å². The molecule has 1 aliphatic heterocycles. The lowest BCUT2D eigenvalue weighted by Crippen LogP contribution is -2.02. The van der Waals surface area contributed by atoms with Crippen molar-refractivity contribution in [1.82, 2.24) is 0 Å². The van der Waals surface area contributed by atoms with Crippen LogP contribution in [0.5, 0.6) is 0 Å². The van der Waals surface area contributed by atoms with Crippen LogP contribution in [-0.4, -0.2) is 18.4 Å². The fourth-order valence-corrected chi connectivity index (χ4v) is 1.37. The first kappa shape index (κ1) is 7.38. The van der Waals surface area contributed by atoms with Crippen LogP contribution in [0.2, 0.25) is 0 Å². The first-order chi connectivity index (χ1) is 4.84. The molecule has 3 nitrogen and oxygen atoms in total. The summed E-state index contributed by atoms with van der Waals surface area (Å²) < 4.78 is 5.13. The predicted octanol–water partition coefficient (Wildman–Crippen LogP) is 1.27. The number of nitrogens with zero attached hydrogens (tertiary/aromatic N) is 1. The zero-order valence-corrected chi connectivity index (χ0v) is 6.40. The summed E-state index contributed by atoms with van der Waals surface area (Å²) in [5, 5.41) is 0.654. The molecule has 0 amide bonds. The van der Waals surface area contributed by atoms with E-state index >= 15 is 0 Å². The number of rotatable bonds is 1. The van der Waals surface area contributed by atoms with Gasteiger partial charge in [-0.25, -0.2) is 4.79 Å². The van der Waals surface area contributed by atoms with E-state index in [9.17, 15) is 4.79 Å². The minimum Gasteiger partial charge on any atom is -0.495 e. The monoisotopic (exact) mass is 157 g/mol. The minimum atomic E-state index is 0.654. The number of thioether (sulfide) groups is 1. The van der Waals surface area contributed by atoms with Gasteiger partial charge in [-0.3, -0.25) is 0 Å². The number of carbonyl (C=O) groups excluding carboxylic acids is 1. The Labute approximate surface area is 63.2 Å². The lowest BCUT2D eigenvalue weighted by molar-refractivity contribution is 0.229. The van der Waals surface area contributed by atoms with Gasteiger partial charge in [-0.05, 0) is 6.92 Å². The maximum atomic E-state index is 9.82. The van der Waals surface area contributed by atoms with Crippen LogP contribution in [0.4, 0.5) is 0 Å². The second kappa shape index (κ2) is 3.44. The average molecular weight is 157 g/mol. The van der Waals surface area contributed by atoms with E-state index in [0.29, 0.717) is 11.6 Å². The highest BCUT2D eigenvalue weighted by molar-refractivity contribution is 8.03. The van der Waals surface area contributed by atoms with Crippen molar-refractivity contribution in [1.29, 1.82) is 0 Å². The normalized spacial score (nSPS) is 17.7. The van der Waals surface area contributed by atoms with E-state index in [2.05, 4.69) is 4.99 Å². The molecule has 0 fully saturated rings. The van der Waals surface area contributed by atoms with Gasteiger partial charge in [-0.1, -0.05) is 11.8 Å². The van der Waals surface area contributed by atoms with Gasteiger partial charge in [-0.2, -0.15) is 4.99 Å². The lowest BCUT2D eigenvalue weighted by atomic mass is 10.6. The maximum Gasteiger partial charge on any atom is 0.241 e. The number of hydrogen-bond donors (Lipinski definition) is 0. The molecule has 0 saturated carbocycles. The van der Waals surface area contributed by atoms with Crippen molar-refractivity contribution in [3.05, 3.63) is 10.8 Å². The van der Waals surface area contributed by atoms with Crippen LogP contribution in [0.25, 0.3) is 0 Å². The molecule has 0 radical (unpaired) electrons. The van der Waals surface area contributed by atoms with Gasteiger partial charge in [0.2, 0.25) is 6.08 Å². The highest BCUT2D eigenvalue weighted by atomic mass is 32.2. The molecule has 0 spiro atoms. The van der Waals surface area contributed by atoms with Crippen molar-refractivity contribution >= 4 is 17.8 Å². The van der Waals surface area contributed by atoms with Crippen LogP contribution in [0, 0.1) is 0 Å². The maximum absolute atomic E-state index is 9.82. The fraction of sp³-hybridized carbons (Fsp3) is 0.500. The van der Waals surface area contributed by atoms with E-state index in [1.807, 2.05) is 0 Å². The Hall–Kier alpha value is -0.730. The molecule has 1 rings (SSSR count). The van der Waals surface area contributed by atoms with E-state index in [0.717, 1.165) is 11.5 Å². The summed E-state index contributed by atoms with van der Waals surface area (Å²) >= 11 is 1.52. The third kappa shape index (κ3) is 1.62. The molecule has 10 heavy (non-hydrogen) atoms. The number of hydrogen-bond acceptors (Lipinski definition) is 4. The van der Waals surface area contributed by atoms with Gasteiger partial charge >= 0.3 is 0 Å². The molecular formula is C6H7NO2S. The van der Waals surface area contributed by atoms with E-state index in [1.54, 1.807) is 6.92 Å². The van der Waals surface area contributed by atoms with Crippen molar-refractivity contribution in [3.8, 4) is 0 Å². The van der Waals surface area contributed by atoms with E-state index in [1.165, 1.54) is 17.8 Å². The molecule has 0 atom stereocenters. The Morgan fingerprint density at radius 3 is 3.20 bits per heavy atom. The summed E-state index contributed by atoms with van der Waals surface area (Å²) in [4.78, 5) is 13.3. The van der Waals surface area contributed by atoms with Crippen LogP contribution >= 0.6 is 11.8 Å². The van der Waals surface area contributed by atoms with Crippen molar-refractivity contribution in [2.24, 2.45) is 4.99 Å². The SMILES string of the molecule is CC1=C(N=C=O)SCCO1. The van der Waals surface area contributed by atoms with Crippen LogP contribution in [0.1, 0.15) is 6.92 Å². The standard InChI is InChI=1S/C6H7NO2S/c1-5-6(7-4-8)10-3-2-9-5/h2-3H2,1H3. The molecule has 0 saturated heterocycles. The quantitative estimate of drug-likeness (QED) is 0.425. The van der Waals surface area contributed by atoms with Crippen LogP contribution in [0.3, 0.4) is 0 Å². The summed E-state index contributed by atoms with van der Waals surface area (Å²) in [6.07, 6.45) is 1.48. The molecule has 54 valence electrons. The minimum absolute atomic E-state index is 0.654. The molecule has 0 bridgehead atoms. The second-order valence-electron chi connectivity index (χ2n) is 1.76. The topological polar surface area (TPSA) is 38.7 Å². The molecule has 4 heteroatoms. The van der Waals surface area contributed by atoms with Gasteiger partial charge in [0.05, 0.1) is 6.61 Å². The lowest BCUT2D eigenvalue weighted by Gasteiger charge is -2.13. The highest BCUT2D eigenvalue weighted by Gasteiger charge is 2.08.